The minimum absolute atomic E-state index is 0.698. The summed E-state index contributed by atoms with van der Waals surface area (Å²) in [4.78, 5) is 0. The Balaban J connectivity index is 1.67. The van der Waals surface area contributed by atoms with Gasteiger partial charge in [-0.25, -0.2) is 0 Å². The Morgan fingerprint density at radius 3 is 2.82 bits per heavy atom. The highest BCUT2D eigenvalue weighted by atomic mass is 14.9. The molecule has 0 aromatic rings. The molecular formula is C10H17N. The molecule has 1 N–H and O–H groups in total. The predicted octanol–water partition coefficient (Wildman–Crippen LogP) is 2.09. The average molecular weight is 151 g/mol. The SMILES string of the molecule is C1=CC(NCC2CC2)CCC1. The number of rotatable bonds is 3. The summed E-state index contributed by atoms with van der Waals surface area (Å²) in [5.74, 6) is 1.02. The average Bonchev–Trinajstić information content (AvgIpc) is 2.86. The highest BCUT2D eigenvalue weighted by molar-refractivity contribution is 4.97. The van der Waals surface area contributed by atoms with Gasteiger partial charge in [-0.1, -0.05) is 12.2 Å². The lowest BCUT2D eigenvalue weighted by molar-refractivity contribution is 0.508. The van der Waals surface area contributed by atoms with Crippen LogP contribution in [-0.2, 0) is 0 Å². The van der Waals surface area contributed by atoms with Gasteiger partial charge in [0.1, 0.15) is 0 Å². The van der Waals surface area contributed by atoms with Gasteiger partial charge in [0.25, 0.3) is 0 Å². The second kappa shape index (κ2) is 3.40. The van der Waals surface area contributed by atoms with Crippen molar-refractivity contribution in [3.63, 3.8) is 0 Å². The van der Waals surface area contributed by atoms with E-state index in [0.717, 1.165) is 5.92 Å². The molecule has 2 aliphatic carbocycles. The van der Waals surface area contributed by atoms with Gasteiger partial charge in [0.2, 0.25) is 0 Å². The first-order valence-electron chi connectivity index (χ1n) is 4.85. The first-order valence-corrected chi connectivity index (χ1v) is 4.85. The fourth-order valence-electron chi connectivity index (χ4n) is 1.62. The Morgan fingerprint density at radius 2 is 2.18 bits per heavy atom. The smallest absolute Gasteiger partial charge is 0.0250 e. The van der Waals surface area contributed by atoms with Crippen molar-refractivity contribution >= 4 is 0 Å². The third-order valence-electron chi connectivity index (χ3n) is 2.62. The maximum Gasteiger partial charge on any atom is 0.0250 e. The molecule has 1 fully saturated rings. The van der Waals surface area contributed by atoms with Gasteiger partial charge in [-0.2, -0.15) is 0 Å². The van der Waals surface area contributed by atoms with Crippen LogP contribution in [0.15, 0.2) is 12.2 Å². The lowest BCUT2D eigenvalue weighted by atomic mass is 10.0. The normalized spacial score (nSPS) is 30.7. The molecule has 0 aliphatic heterocycles. The van der Waals surface area contributed by atoms with Crippen LogP contribution >= 0.6 is 0 Å². The standard InChI is InChI=1S/C10H17N/c1-2-4-10(5-3-1)11-8-9-6-7-9/h2,4,9-11H,1,3,5-8H2. The first kappa shape index (κ1) is 7.35. The van der Waals surface area contributed by atoms with Crippen LogP contribution in [0.3, 0.4) is 0 Å². The Labute approximate surface area is 68.9 Å². The molecule has 2 aliphatic rings. The molecule has 1 heteroatoms. The molecule has 1 nitrogen and oxygen atoms in total. The Hall–Kier alpha value is -0.300. The van der Waals surface area contributed by atoms with Crippen LogP contribution in [0, 0.1) is 5.92 Å². The van der Waals surface area contributed by atoms with Gasteiger partial charge < -0.3 is 5.32 Å². The van der Waals surface area contributed by atoms with E-state index in [1.165, 1.54) is 38.6 Å². The van der Waals surface area contributed by atoms with Crippen LogP contribution in [0.1, 0.15) is 32.1 Å². The largest absolute Gasteiger partial charge is 0.310 e. The predicted molar refractivity (Wildman–Crippen MR) is 47.5 cm³/mol. The van der Waals surface area contributed by atoms with Crippen LogP contribution in [0.25, 0.3) is 0 Å². The molecule has 1 saturated carbocycles. The molecule has 0 spiro atoms. The summed E-state index contributed by atoms with van der Waals surface area (Å²) in [6, 6.07) is 0.698. The van der Waals surface area contributed by atoms with Crippen molar-refractivity contribution < 1.29 is 0 Å². The zero-order chi connectivity index (χ0) is 7.52. The van der Waals surface area contributed by atoms with Crippen LogP contribution in [-0.4, -0.2) is 12.6 Å². The molecule has 0 heterocycles. The molecule has 0 aromatic heterocycles. The monoisotopic (exact) mass is 151 g/mol. The number of nitrogens with one attached hydrogen (secondary N) is 1. The second-order valence-corrected chi connectivity index (χ2v) is 3.82. The van der Waals surface area contributed by atoms with Gasteiger partial charge >= 0.3 is 0 Å². The topological polar surface area (TPSA) is 12.0 Å². The van der Waals surface area contributed by atoms with Gasteiger partial charge in [-0.3, -0.25) is 0 Å². The Kier molecular flexibility index (Phi) is 2.27. The van der Waals surface area contributed by atoms with Crippen molar-refractivity contribution in [1.82, 2.24) is 5.32 Å². The number of hydrogen-bond donors (Lipinski definition) is 1. The Bertz CT molecular complexity index is 147. The lowest BCUT2D eigenvalue weighted by Crippen LogP contribution is -2.30. The van der Waals surface area contributed by atoms with E-state index in [0.29, 0.717) is 6.04 Å². The van der Waals surface area contributed by atoms with Crippen molar-refractivity contribution in [2.24, 2.45) is 5.92 Å². The van der Waals surface area contributed by atoms with E-state index in [2.05, 4.69) is 17.5 Å². The van der Waals surface area contributed by atoms with Crippen LogP contribution in [0.2, 0.25) is 0 Å². The van der Waals surface area contributed by atoms with E-state index >= 15 is 0 Å². The Morgan fingerprint density at radius 1 is 1.27 bits per heavy atom. The van der Waals surface area contributed by atoms with Gasteiger partial charge in [-0.05, 0) is 44.6 Å². The zero-order valence-electron chi connectivity index (χ0n) is 7.05. The van der Waals surface area contributed by atoms with Crippen molar-refractivity contribution in [3.05, 3.63) is 12.2 Å². The van der Waals surface area contributed by atoms with Crippen LogP contribution < -0.4 is 5.32 Å². The highest BCUT2D eigenvalue weighted by Gasteiger charge is 2.21. The number of allylic oxidation sites excluding steroid dienone is 1. The summed E-state index contributed by atoms with van der Waals surface area (Å²) in [6.45, 7) is 1.26. The minimum atomic E-state index is 0.698. The van der Waals surface area contributed by atoms with Gasteiger partial charge in [0, 0.05) is 6.04 Å². The minimum Gasteiger partial charge on any atom is -0.310 e. The van der Waals surface area contributed by atoms with Crippen molar-refractivity contribution in [1.29, 1.82) is 0 Å². The quantitative estimate of drug-likeness (QED) is 0.609. The molecule has 1 unspecified atom stereocenters. The lowest BCUT2D eigenvalue weighted by Gasteiger charge is -2.17. The summed E-state index contributed by atoms with van der Waals surface area (Å²) >= 11 is 0. The molecule has 62 valence electrons. The summed E-state index contributed by atoms with van der Waals surface area (Å²) < 4.78 is 0. The molecule has 0 saturated heterocycles. The van der Waals surface area contributed by atoms with E-state index in [1.807, 2.05) is 0 Å². The fraction of sp³-hybridized carbons (Fsp3) is 0.800. The highest BCUT2D eigenvalue weighted by Crippen LogP contribution is 2.28. The fourth-order valence-corrected chi connectivity index (χ4v) is 1.62. The summed E-state index contributed by atoms with van der Waals surface area (Å²) in [5, 5.41) is 3.60. The molecule has 0 radical (unpaired) electrons. The van der Waals surface area contributed by atoms with Gasteiger partial charge in [-0.15, -0.1) is 0 Å². The maximum atomic E-state index is 3.60. The summed E-state index contributed by atoms with van der Waals surface area (Å²) in [6.07, 6.45) is 11.6. The van der Waals surface area contributed by atoms with E-state index < -0.39 is 0 Å². The van der Waals surface area contributed by atoms with E-state index in [4.69, 9.17) is 0 Å². The molecule has 2 rings (SSSR count). The molecule has 0 aromatic carbocycles. The van der Waals surface area contributed by atoms with Crippen molar-refractivity contribution in [2.45, 2.75) is 38.1 Å². The van der Waals surface area contributed by atoms with Crippen LogP contribution in [0.4, 0.5) is 0 Å². The second-order valence-electron chi connectivity index (χ2n) is 3.82. The van der Waals surface area contributed by atoms with Crippen molar-refractivity contribution in [3.8, 4) is 0 Å². The third kappa shape index (κ3) is 2.33. The van der Waals surface area contributed by atoms with E-state index in [9.17, 15) is 0 Å². The van der Waals surface area contributed by atoms with Crippen LogP contribution in [0.5, 0.6) is 0 Å². The molecule has 1 atom stereocenters. The summed E-state index contributed by atoms with van der Waals surface area (Å²) in [5.41, 5.74) is 0. The summed E-state index contributed by atoms with van der Waals surface area (Å²) in [7, 11) is 0. The number of hydrogen-bond acceptors (Lipinski definition) is 1. The zero-order valence-corrected chi connectivity index (χ0v) is 7.05. The molecule has 0 bridgehead atoms. The van der Waals surface area contributed by atoms with Crippen molar-refractivity contribution in [2.75, 3.05) is 6.54 Å². The molecular weight excluding hydrogens is 134 g/mol. The maximum absolute atomic E-state index is 3.60. The first-order chi connectivity index (χ1) is 5.45. The van der Waals surface area contributed by atoms with E-state index in [1.54, 1.807) is 0 Å². The van der Waals surface area contributed by atoms with Gasteiger partial charge in [0.05, 0.1) is 0 Å². The molecule has 11 heavy (non-hydrogen) atoms. The third-order valence-corrected chi connectivity index (χ3v) is 2.62. The van der Waals surface area contributed by atoms with E-state index in [-0.39, 0.29) is 0 Å². The molecule has 0 amide bonds. The van der Waals surface area contributed by atoms with Gasteiger partial charge in [0.15, 0.2) is 0 Å².